The molecule has 1 atom stereocenters. The number of hydrogen-bond donors (Lipinski definition) is 1. The van der Waals surface area contributed by atoms with Crippen molar-refractivity contribution >= 4 is 18.3 Å². The predicted octanol–water partition coefficient (Wildman–Crippen LogP) is 2.08. The highest BCUT2D eigenvalue weighted by molar-refractivity contribution is 5.95. The molecule has 6 heteroatoms. The Morgan fingerprint density at radius 1 is 1.29 bits per heavy atom. The Hall–Kier alpha value is -1.46. The third kappa shape index (κ3) is 4.25. The first-order valence-electron chi connectivity index (χ1n) is 7.10. The van der Waals surface area contributed by atoms with Gasteiger partial charge in [-0.25, -0.2) is 0 Å². The van der Waals surface area contributed by atoms with E-state index in [1.165, 1.54) is 0 Å². The van der Waals surface area contributed by atoms with Gasteiger partial charge in [-0.15, -0.1) is 12.4 Å². The number of amides is 1. The molecule has 1 aromatic carbocycles. The summed E-state index contributed by atoms with van der Waals surface area (Å²) in [4.78, 5) is 14.2. The van der Waals surface area contributed by atoms with Crippen LogP contribution in [0.1, 0.15) is 30.6 Å². The molecule has 0 aromatic heterocycles. The molecular weight excluding hydrogens is 292 g/mol. The van der Waals surface area contributed by atoms with Gasteiger partial charge in [-0.2, -0.15) is 0 Å². The van der Waals surface area contributed by atoms with Crippen LogP contribution < -0.4 is 15.2 Å². The van der Waals surface area contributed by atoms with Gasteiger partial charge in [0.25, 0.3) is 5.91 Å². The Labute approximate surface area is 131 Å². The fraction of sp³-hybridized carbons (Fsp3) is 0.533. The summed E-state index contributed by atoms with van der Waals surface area (Å²) in [6.45, 7) is 6.26. The molecule has 0 unspecified atom stereocenters. The van der Waals surface area contributed by atoms with Crippen molar-refractivity contribution in [2.24, 2.45) is 5.73 Å². The number of hydrogen-bond acceptors (Lipinski definition) is 4. The molecule has 1 saturated heterocycles. The summed E-state index contributed by atoms with van der Waals surface area (Å²) in [6, 6.07) is 5.41. The van der Waals surface area contributed by atoms with Gasteiger partial charge in [0.05, 0.1) is 13.2 Å². The number of halogens is 1. The molecule has 0 saturated carbocycles. The molecule has 1 heterocycles. The van der Waals surface area contributed by atoms with Crippen molar-refractivity contribution in [1.29, 1.82) is 0 Å². The van der Waals surface area contributed by atoms with Crippen molar-refractivity contribution in [3.8, 4) is 11.5 Å². The predicted molar refractivity (Wildman–Crippen MR) is 84.5 cm³/mol. The summed E-state index contributed by atoms with van der Waals surface area (Å²) in [5, 5.41) is 0. The minimum atomic E-state index is 0. The maximum Gasteiger partial charge on any atom is 0.254 e. The zero-order valence-corrected chi connectivity index (χ0v) is 13.3. The summed E-state index contributed by atoms with van der Waals surface area (Å²) >= 11 is 0. The van der Waals surface area contributed by atoms with Crippen LogP contribution in [0.15, 0.2) is 18.2 Å². The highest BCUT2D eigenvalue weighted by atomic mass is 35.5. The fourth-order valence-electron chi connectivity index (χ4n) is 2.34. The van der Waals surface area contributed by atoms with Gasteiger partial charge in [0.15, 0.2) is 11.5 Å². The molecule has 1 aliphatic heterocycles. The van der Waals surface area contributed by atoms with E-state index in [9.17, 15) is 4.79 Å². The Balaban J connectivity index is 0.00000220. The molecule has 0 spiro atoms. The van der Waals surface area contributed by atoms with Gasteiger partial charge in [-0.3, -0.25) is 4.79 Å². The van der Waals surface area contributed by atoms with E-state index in [0.29, 0.717) is 36.8 Å². The Morgan fingerprint density at radius 2 is 1.95 bits per heavy atom. The topological polar surface area (TPSA) is 64.8 Å². The van der Waals surface area contributed by atoms with Crippen molar-refractivity contribution in [2.45, 2.75) is 26.3 Å². The molecule has 1 amide bonds. The molecule has 1 aromatic rings. The van der Waals surface area contributed by atoms with Crippen LogP contribution in [0, 0.1) is 0 Å². The molecule has 0 radical (unpaired) electrons. The molecule has 0 bridgehead atoms. The maximum absolute atomic E-state index is 12.4. The van der Waals surface area contributed by atoms with Crippen LogP contribution in [-0.2, 0) is 0 Å². The average molecular weight is 315 g/mol. The van der Waals surface area contributed by atoms with Crippen LogP contribution in [0.3, 0.4) is 0 Å². The van der Waals surface area contributed by atoms with E-state index >= 15 is 0 Å². The number of rotatable bonds is 5. The van der Waals surface area contributed by atoms with Crippen LogP contribution in [0.25, 0.3) is 0 Å². The van der Waals surface area contributed by atoms with Crippen molar-refractivity contribution < 1.29 is 14.3 Å². The number of carbonyl (C=O) groups is 1. The molecule has 1 fully saturated rings. The number of ether oxygens (including phenoxy) is 2. The summed E-state index contributed by atoms with van der Waals surface area (Å²) < 4.78 is 11.0. The normalized spacial score (nSPS) is 17.3. The van der Waals surface area contributed by atoms with Crippen molar-refractivity contribution in [3.63, 3.8) is 0 Å². The third-order valence-electron chi connectivity index (χ3n) is 3.30. The molecule has 118 valence electrons. The molecule has 21 heavy (non-hydrogen) atoms. The molecule has 2 N–H and O–H groups in total. The lowest BCUT2D eigenvalue weighted by atomic mass is 10.1. The second-order valence-electron chi connectivity index (χ2n) is 4.83. The molecule has 5 nitrogen and oxygen atoms in total. The third-order valence-corrected chi connectivity index (χ3v) is 3.30. The Kier molecular flexibility index (Phi) is 6.78. The summed E-state index contributed by atoms with van der Waals surface area (Å²) in [6.07, 6.45) is 0.862. The number of nitrogens with two attached hydrogens (primary N) is 1. The van der Waals surface area contributed by atoms with Gasteiger partial charge in [-0.1, -0.05) is 0 Å². The highest BCUT2D eigenvalue weighted by Crippen LogP contribution is 2.29. The first kappa shape index (κ1) is 17.6. The zero-order valence-electron chi connectivity index (χ0n) is 12.5. The van der Waals surface area contributed by atoms with E-state index in [2.05, 4.69) is 0 Å². The average Bonchev–Trinajstić information content (AvgIpc) is 2.87. The lowest BCUT2D eigenvalue weighted by molar-refractivity contribution is 0.0790. The largest absolute Gasteiger partial charge is 0.490 e. The molecule has 0 aliphatic carbocycles. The van der Waals surface area contributed by atoms with Crippen LogP contribution in [0.2, 0.25) is 0 Å². The van der Waals surface area contributed by atoms with E-state index < -0.39 is 0 Å². The lowest BCUT2D eigenvalue weighted by Crippen LogP contribution is -2.31. The maximum atomic E-state index is 12.4. The second-order valence-corrected chi connectivity index (χ2v) is 4.83. The van der Waals surface area contributed by atoms with Gasteiger partial charge < -0.3 is 20.1 Å². The minimum Gasteiger partial charge on any atom is -0.490 e. The smallest absolute Gasteiger partial charge is 0.254 e. The summed E-state index contributed by atoms with van der Waals surface area (Å²) in [7, 11) is 0. The van der Waals surface area contributed by atoms with Crippen molar-refractivity contribution in [2.75, 3.05) is 26.3 Å². The number of likely N-dealkylation sites (tertiary alicyclic amines) is 1. The first-order chi connectivity index (χ1) is 9.65. The van der Waals surface area contributed by atoms with Crippen LogP contribution in [-0.4, -0.2) is 43.2 Å². The van der Waals surface area contributed by atoms with Crippen LogP contribution in [0.4, 0.5) is 0 Å². The monoisotopic (exact) mass is 314 g/mol. The second kappa shape index (κ2) is 8.10. The summed E-state index contributed by atoms with van der Waals surface area (Å²) in [5.41, 5.74) is 6.46. The zero-order chi connectivity index (χ0) is 14.5. The fourth-order valence-corrected chi connectivity index (χ4v) is 2.34. The quantitative estimate of drug-likeness (QED) is 0.903. The lowest BCUT2D eigenvalue weighted by Gasteiger charge is -2.17. The van der Waals surface area contributed by atoms with E-state index in [-0.39, 0.29) is 24.4 Å². The van der Waals surface area contributed by atoms with Crippen LogP contribution in [0.5, 0.6) is 11.5 Å². The highest BCUT2D eigenvalue weighted by Gasteiger charge is 2.25. The van der Waals surface area contributed by atoms with E-state index in [4.69, 9.17) is 15.2 Å². The number of nitrogens with zero attached hydrogens (tertiary/aromatic N) is 1. The summed E-state index contributed by atoms with van der Waals surface area (Å²) in [5.74, 6) is 1.29. The SMILES string of the molecule is CCOc1ccc(C(=O)N2CC[C@@H](N)C2)cc1OCC.Cl. The number of benzene rings is 1. The standard InChI is InChI=1S/C15H22N2O3.ClH/c1-3-19-13-6-5-11(9-14(13)20-4-2)15(18)17-8-7-12(16)10-17;/h5-6,9,12H,3-4,7-8,10,16H2,1-2H3;1H/t12-;/m1./s1. The van der Waals surface area contributed by atoms with Gasteiger partial charge in [0.2, 0.25) is 0 Å². The van der Waals surface area contributed by atoms with Crippen LogP contribution >= 0.6 is 12.4 Å². The molecular formula is C15H23ClN2O3. The van der Waals surface area contributed by atoms with Gasteiger partial charge >= 0.3 is 0 Å². The Morgan fingerprint density at radius 3 is 2.52 bits per heavy atom. The minimum absolute atomic E-state index is 0. The van der Waals surface area contributed by atoms with E-state index in [0.717, 1.165) is 13.0 Å². The Bertz CT molecular complexity index is 482. The number of carbonyl (C=O) groups excluding carboxylic acids is 1. The first-order valence-corrected chi connectivity index (χ1v) is 7.10. The van der Waals surface area contributed by atoms with E-state index in [1.54, 1.807) is 23.1 Å². The van der Waals surface area contributed by atoms with Gasteiger partial charge in [0, 0.05) is 24.7 Å². The molecule has 2 rings (SSSR count). The van der Waals surface area contributed by atoms with Crippen molar-refractivity contribution in [3.05, 3.63) is 23.8 Å². The van der Waals surface area contributed by atoms with Crippen molar-refractivity contribution in [1.82, 2.24) is 4.90 Å². The van der Waals surface area contributed by atoms with Gasteiger partial charge in [0.1, 0.15) is 0 Å². The van der Waals surface area contributed by atoms with E-state index in [1.807, 2.05) is 13.8 Å². The van der Waals surface area contributed by atoms with Gasteiger partial charge in [-0.05, 0) is 38.5 Å². The molecule has 1 aliphatic rings.